The second-order valence-electron chi connectivity index (χ2n) is 2.94. The number of aliphatic hydroxyl groups is 1. The molecule has 0 radical (unpaired) electrons. The predicted octanol–water partition coefficient (Wildman–Crippen LogP) is 2.09. The number of phenolic OH excluding ortho intramolecular Hbond substituents is 1. The first-order valence-corrected chi connectivity index (χ1v) is 4.48. The van der Waals surface area contributed by atoms with Crippen LogP contribution in [-0.2, 0) is 0 Å². The molecule has 1 atom stereocenters. The van der Waals surface area contributed by atoms with Gasteiger partial charge in [-0.2, -0.15) is 0 Å². The summed E-state index contributed by atoms with van der Waals surface area (Å²) in [5.74, 6) is -0.0447. The summed E-state index contributed by atoms with van der Waals surface area (Å²) in [6.45, 7) is 2.01. The molecule has 1 aromatic rings. The Kier molecular flexibility index (Phi) is 3.85. The summed E-state index contributed by atoms with van der Waals surface area (Å²) >= 11 is 0. The van der Waals surface area contributed by atoms with Gasteiger partial charge in [0, 0.05) is 0 Å². The zero-order valence-corrected chi connectivity index (χ0v) is 8.15. The fourth-order valence-electron chi connectivity index (χ4n) is 1.13. The number of benzene rings is 1. The second-order valence-corrected chi connectivity index (χ2v) is 2.94. The van der Waals surface area contributed by atoms with Crippen LogP contribution >= 0.6 is 0 Å². The van der Waals surface area contributed by atoms with Crippen molar-refractivity contribution in [2.75, 3.05) is 6.61 Å². The SMILES string of the molecule is CCOc1cc(C(O)C(F)F)ccc1O. The van der Waals surface area contributed by atoms with Gasteiger partial charge in [0.1, 0.15) is 6.10 Å². The zero-order valence-electron chi connectivity index (χ0n) is 8.15. The number of rotatable bonds is 4. The number of hydrogen-bond donors (Lipinski definition) is 2. The van der Waals surface area contributed by atoms with Gasteiger partial charge < -0.3 is 14.9 Å². The smallest absolute Gasteiger partial charge is 0.268 e. The highest BCUT2D eigenvalue weighted by Crippen LogP contribution is 2.31. The van der Waals surface area contributed by atoms with Gasteiger partial charge in [0.05, 0.1) is 6.61 Å². The molecule has 0 aromatic heterocycles. The fourth-order valence-corrected chi connectivity index (χ4v) is 1.13. The summed E-state index contributed by atoms with van der Waals surface area (Å²) in [4.78, 5) is 0. The third kappa shape index (κ3) is 2.79. The van der Waals surface area contributed by atoms with Crippen molar-refractivity contribution in [1.82, 2.24) is 0 Å². The molecule has 84 valence electrons. The van der Waals surface area contributed by atoms with E-state index in [2.05, 4.69) is 0 Å². The maximum atomic E-state index is 12.2. The highest BCUT2D eigenvalue weighted by molar-refractivity contribution is 5.42. The normalized spacial score (nSPS) is 12.9. The molecule has 0 saturated carbocycles. The first-order chi connectivity index (χ1) is 7.06. The molecule has 2 N–H and O–H groups in total. The van der Waals surface area contributed by atoms with Crippen LogP contribution in [0.15, 0.2) is 18.2 Å². The van der Waals surface area contributed by atoms with E-state index in [0.717, 1.165) is 0 Å². The maximum absolute atomic E-state index is 12.2. The molecule has 3 nitrogen and oxygen atoms in total. The Morgan fingerprint density at radius 3 is 2.60 bits per heavy atom. The first kappa shape index (κ1) is 11.7. The Balaban J connectivity index is 2.96. The Labute approximate surface area is 85.9 Å². The minimum absolute atomic E-state index is 0.0197. The lowest BCUT2D eigenvalue weighted by Crippen LogP contribution is -2.08. The van der Waals surface area contributed by atoms with Crippen molar-refractivity contribution in [3.63, 3.8) is 0 Å². The summed E-state index contributed by atoms with van der Waals surface area (Å²) < 4.78 is 29.4. The summed E-state index contributed by atoms with van der Waals surface area (Å²) in [7, 11) is 0. The largest absolute Gasteiger partial charge is 0.504 e. The van der Waals surface area contributed by atoms with E-state index < -0.39 is 12.5 Å². The molecule has 0 saturated heterocycles. The van der Waals surface area contributed by atoms with E-state index >= 15 is 0 Å². The molecular weight excluding hydrogens is 206 g/mol. The topological polar surface area (TPSA) is 49.7 Å². The van der Waals surface area contributed by atoms with Crippen molar-refractivity contribution < 1.29 is 23.7 Å². The van der Waals surface area contributed by atoms with Crippen molar-refractivity contribution >= 4 is 0 Å². The van der Waals surface area contributed by atoms with Gasteiger partial charge in [-0.3, -0.25) is 0 Å². The minimum atomic E-state index is -2.86. The van der Waals surface area contributed by atoms with Gasteiger partial charge in [-0.1, -0.05) is 6.07 Å². The van der Waals surface area contributed by atoms with Crippen molar-refractivity contribution in [2.45, 2.75) is 19.5 Å². The Morgan fingerprint density at radius 1 is 1.40 bits per heavy atom. The van der Waals surface area contributed by atoms with Crippen LogP contribution in [0.25, 0.3) is 0 Å². The quantitative estimate of drug-likeness (QED) is 0.813. The molecule has 1 aromatic carbocycles. The maximum Gasteiger partial charge on any atom is 0.268 e. The van der Waals surface area contributed by atoms with Crippen molar-refractivity contribution in [3.05, 3.63) is 23.8 Å². The summed E-state index contributed by atoms with van der Waals surface area (Å²) in [5.41, 5.74) is 0.0197. The lowest BCUT2D eigenvalue weighted by Gasteiger charge is -2.12. The standard InChI is InChI=1S/C10H12F2O3/c1-2-15-8-5-6(3-4-7(8)13)9(14)10(11)12/h3-5,9-10,13-14H,2H2,1H3. The van der Waals surface area contributed by atoms with E-state index in [9.17, 15) is 13.9 Å². The van der Waals surface area contributed by atoms with Crippen LogP contribution in [0.5, 0.6) is 11.5 Å². The third-order valence-corrected chi connectivity index (χ3v) is 1.86. The fraction of sp³-hybridized carbons (Fsp3) is 0.400. The monoisotopic (exact) mass is 218 g/mol. The van der Waals surface area contributed by atoms with Crippen molar-refractivity contribution in [2.24, 2.45) is 0 Å². The molecule has 0 amide bonds. The summed E-state index contributed by atoms with van der Waals surface area (Å²) in [6.07, 6.45) is -4.71. The number of halogens is 2. The Bertz CT molecular complexity index is 328. The lowest BCUT2D eigenvalue weighted by atomic mass is 10.1. The number of alkyl halides is 2. The van der Waals surface area contributed by atoms with E-state index in [1.807, 2.05) is 0 Å². The molecule has 0 fully saturated rings. The molecule has 0 bridgehead atoms. The molecule has 1 rings (SSSR count). The van der Waals surface area contributed by atoms with Crippen LogP contribution < -0.4 is 4.74 Å². The summed E-state index contributed by atoms with van der Waals surface area (Å²) in [6, 6.07) is 3.65. The third-order valence-electron chi connectivity index (χ3n) is 1.86. The van der Waals surface area contributed by atoms with Gasteiger partial charge >= 0.3 is 0 Å². The molecular formula is C10H12F2O3. The minimum Gasteiger partial charge on any atom is -0.504 e. The van der Waals surface area contributed by atoms with Gasteiger partial charge in [-0.05, 0) is 24.6 Å². The molecule has 1 unspecified atom stereocenters. The van der Waals surface area contributed by atoms with E-state index in [1.165, 1.54) is 18.2 Å². The van der Waals surface area contributed by atoms with Gasteiger partial charge in [0.15, 0.2) is 11.5 Å². The van der Waals surface area contributed by atoms with Crippen LogP contribution in [0.4, 0.5) is 8.78 Å². The molecule has 0 aliphatic rings. The average molecular weight is 218 g/mol. The van der Waals surface area contributed by atoms with Crippen LogP contribution in [-0.4, -0.2) is 23.2 Å². The number of phenols is 1. The van der Waals surface area contributed by atoms with E-state index in [1.54, 1.807) is 6.92 Å². The van der Waals surface area contributed by atoms with Crippen LogP contribution in [0.2, 0.25) is 0 Å². The van der Waals surface area contributed by atoms with Crippen LogP contribution in [0, 0.1) is 0 Å². The van der Waals surface area contributed by atoms with Crippen molar-refractivity contribution in [3.8, 4) is 11.5 Å². The Hall–Kier alpha value is -1.36. The number of ether oxygens (including phenoxy) is 1. The lowest BCUT2D eigenvalue weighted by molar-refractivity contribution is -0.00591. The molecule has 0 aliphatic heterocycles. The summed E-state index contributed by atoms with van der Waals surface area (Å²) in [5, 5.41) is 18.4. The zero-order chi connectivity index (χ0) is 11.4. The number of aromatic hydroxyl groups is 1. The van der Waals surface area contributed by atoms with Crippen molar-refractivity contribution in [1.29, 1.82) is 0 Å². The van der Waals surface area contributed by atoms with Crippen LogP contribution in [0.3, 0.4) is 0 Å². The number of aliphatic hydroxyl groups excluding tert-OH is 1. The highest BCUT2D eigenvalue weighted by Gasteiger charge is 2.20. The van der Waals surface area contributed by atoms with Gasteiger partial charge in [0.2, 0.25) is 0 Å². The van der Waals surface area contributed by atoms with E-state index in [0.29, 0.717) is 6.61 Å². The predicted molar refractivity (Wildman–Crippen MR) is 50.2 cm³/mol. The van der Waals surface area contributed by atoms with E-state index in [-0.39, 0.29) is 17.1 Å². The van der Waals surface area contributed by atoms with Gasteiger partial charge in [-0.25, -0.2) is 8.78 Å². The van der Waals surface area contributed by atoms with Gasteiger partial charge in [-0.15, -0.1) is 0 Å². The molecule has 15 heavy (non-hydrogen) atoms. The Morgan fingerprint density at radius 2 is 2.07 bits per heavy atom. The average Bonchev–Trinajstić information content (AvgIpc) is 2.20. The van der Waals surface area contributed by atoms with E-state index in [4.69, 9.17) is 9.84 Å². The molecule has 0 heterocycles. The van der Waals surface area contributed by atoms with Crippen LogP contribution in [0.1, 0.15) is 18.6 Å². The first-order valence-electron chi connectivity index (χ1n) is 4.48. The molecule has 0 aliphatic carbocycles. The number of hydrogen-bond acceptors (Lipinski definition) is 3. The second kappa shape index (κ2) is 4.93. The molecule has 0 spiro atoms. The molecule has 5 heteroatoms. The highest BCUT2D eigenvalue weighted by atomic mass is 19.3. The van der Waals surface area contributed by atoms with Gasteiger partial charge in [0.25, 0.3) is 6.43 Å².